The smallest absolute Gasteiger partial charge is 0.384 e. The van der Waals surface area contributed by atoms with Crippen molar-refractivity contribution in [2.75, 3.05) is 5.73 Å². The fraction of sp³-hybridized carbons (Fsp3) is 0.700. The summed E-state index contributed by atoms with van der Waals surface area (Å²) in [6.07, 6.45) is -2.47. The molecule has 0 amide bonds. The first-order chi connectivity index (χ1) is 7.91. The summed E-state index contributed by atoms with van der Waals surface area (Å²) in [6, 6.07) is 0.0594. The molecule has 1 unspecified atom stereocenters. The van der Waals surface area contributed by atoms with Crippen LogP contribution in [0.4, 0.5) is 19.0 Å². The molecule has 0 radical (unpaired) electrons. The zero-order valence-corrected chi connectivity index (χ0v) is 9.11. The van der Waals surface area contributed by atoms with Gasteiger partial charge in [0.05, 0.1) is 17.8 Å². The molecule has 1 aromatic rings. The van der Waals surface area contributed by atoms with E-state index in [9.17, 15) is 13.2 Å². The van der Waals surface area contributed by atoms with Crippen molar-refractivity contribution < 1.29 is 18.3 Å². The predicted molar refractivity (Wildman–Crippen MR) is 55.2 cm³/mol. The molecule has 2 rings (SSSR count). The van der Waals surface area contributed by atoms with Crippen LogP contribution in [0.1, 0.15) is 43.4 Å². The molecule has 4 nitrogen and oxygen atoms in total. The van der Waals surface area contributed by atoms with Gasteiger partial charge in [-0.25, -0.2) is 4.68 Å². The van der Waals surface area contributed by atoms with Gasteiger partial charge in [-0.1, -0.05) is 12.8 Å². The second-order valence-electron chi connectivity index (χ2n) is 4.31. The van der Waals surface area contributed by atoms with E-state index in [1.165, 1.54) is 4.68 Å². The van der Waals surface area contributed by atoms with E-state index in [4.69, 9.17) is 10.8 Å². The number of hydrogen-bond acceptors (Lipinski definition) is 3. The Hall–Kier alpha value is -1.24. The fourth-order valence-corrected chi connectivity index (χ4v) is 2.21. The van der Waals surface area contributed by atoms with Crippen LogP contribution in [0.15, 0.2) is 6.20 Å². The van der Waals surface area contributed by atoms with Gasteiger partial charge in [0.25, 0.3) is 0 Å². The average Bonchev–Trinajstić information content (AvgIpc) is 2.83. The number of aliphatic hydroxyl groups is 1. The molecular formula is C10H14F3N3O. The molecule has 3 N–H and O–H groups in total. The van der Waals surface area contributed by atoms with Crippen LogP contribution in [0, 0.1) is 0 Å². The van der Waals surface area contributed by atoms with Gasteiger partial charge in [-0.05, 0) is 12.8 Å². The largest absolute Gasteiger partial charge is 0.418 e. The Bertz CT molecular complexity index is 396. The third-order valence-electron chi connectivity index (χ3n) is 3.14. The number of nitrogens with zero attached hydrogens (tertiary/aromatic N) is 2. The lowest BCUT2D eigenvalue weighted by Crippen LogP contribution is -2.21. The van der Waals surface area contributed by atoms with Crippen LogP contribution in [0.5, 0.6) is 0 Å². The molecule has 1 aromatic heterocycles. The normalized spacial score (nSPS) is 19.8. The molecule has 7 heteroatoms. The zero-order chi connectivity index (χ0) is 12.6. The summed E-state index contributed by atoms with van der Waals surface area (Å²) in [7, 11) is 0. The van der Waals surface area contributed by atoms with E-state index in [0.29, 0.717) is 0 Å². The van der Waals surface area contributed by atoms with Gasteiger partial charge in [-0.15, -0.1) is 0 Å². The van der Waals surface area contributed by atoms with E-state index in [2.05, 4.69) is 5.10 Å². The van der Waals surface area contributed by atoms with E-state index >= 15 is 0 Å². The maximum absolute atomic E-state index is 12.4. The van der Waals surface area contributed by atoms with Gasteiger partial charge >= 0.3 is 6.18 Å². The number of hydrogen-bond donors (Lipinski definition) is 2. The summed E-state index contributed by atoms with van der Waals surface area (Å²) in [4.78, 5) is 0. The van der Waals surface area contributed by atoms with Crippen LogP contribution in [-0.4, -0.2) is 21.1 Å². The number of alkyl halides is 3. The van der Waals surface area contributed by atoms with Gasteiger partial charge < -0.3 is 10.8 Å². The highest BCUT2D eigenvalue weighted by atomic mass is 19.4. The molecule has 17 heavy (non-hydrogen) atoms. The first-order valence-corrected chi connectivity index (χ1v) is 5.49. The van der Waals surface area contributed by atoms with E-state index in [1.807, 2.05) is 0 Å². The first kappa shape index (κ1) is 12.2. The Morgan fingerprint density at radius 2 is 2.00 bits per heavy atom. The van der Waals surface area contributed by atoms with Gasteiger partial charge in [-0.2, -0.15) is 18.3 Å². The third-order valence-corrected chi connectivity index (χ3v) is 3.14. The van der Waals surface area contributed by atoms with Crippen molar-refractivity contribution in [3.8, 4) is 0 Å². The molecule has 96 valence electrons. The van der Waals surface area contributed by atoms with Gasteiger partial charge in [0.15, 0.2) is 6.10 Å². The Morgan fingerprint density at radius 3 is 2.53 bits per heavy atom. The van der Waals surface area contributed by atoms with Gasteiger partial charge in [0.1, 0.15) is 5.82 Å². The van der Waals surface area contributed by atoms with Crippen molar-refractivity contribution in [2.45, 2.75) is 44.0 Å². The highest BCUT2D eigenvalue weighted by molar-refractivity contribution is 5.41. The molecule has 1 aliphatic rings. The number of aliphatic hydroxyl groups excluding tert-OH is 1. The van der Waals surface area contributed by atoms with Crippen molar-refractivity contribution in [2.24, 2.45) is 0 Å². The number of nitrogen functional groups attached to an aromatic ring is 1. The average molecular weight is 249 g/mol. The molecule has 0 aromatic carbocycles. The minimum atomic E-state index is -4.71. The second kappa shape index (κ2) is 4.21. The van der Waals surface area contributed by atoms with Gasteiger partial charge in [0.2, 0.25) is 0 Å². The summed E-state index contributed by atoms with van der Waals surface area (Å²) < 4.78 is 38.5. The van der Waals surface area contributed by atoms with Crippen LogP contribution >= 0.6 is 0 Å². The Labute approximate surface area is 96.2 Å². The molecular weight excluding hydrogens is 235 g/mol. The fourth-order valence-electron chi connectivity index (χ4n) is 2.21. The van der Waals surface area contributed by atoms with E-state index < -0.39 is 12.3 Å². The maximum atomic E-state index is 12.4. The number of rotatable bonds is 2. The SMILES string of the molecule is Nc1c(C(O)C(F)(F)F)cnn1C1CCCC1. The van der Waals surface area contributed by atoms with Crippen molar-refractivity contribution in [3.63, 3.8) is 0 Å². The molecule has 1 fully saturated rings. The van der Waals surface area contributed by atoms with Crippen LogP contribution in [0.2, 0.25) is 0 Å². The lowest BCUT2D eigenvalue weighted by molar-refractivity contribution is -0.206. The number of aromatic nitrogens is 2. The van der Waals surface area contributed by atoms with Crippen LogP contribution in [0.25, 0.3) is 0 Å². The molecule has 1 atom stereocenters. The zero-order valence-electron chi connectivity index (χ0n) is 9.11. The van der Waals surface area contributed by atoms with Crippen LogP contribution in [-0.2, 0) is 0 Å². The van der Waals surface area contributed by atoms with Gasteiger partial charge in [0, 0.05) is 0 Å². The summed E-state index contributed by atoms with van der Waals surface area (Å²) in [5.74, 6) is -0.0817. The Balaban J connectivity index is 2.26. The van der Waals surface area contributed by atoms with Crippen molar-refractivity contribution in [1.82, 2.24) is 9.78 Å². The summed E-state index contributed by atoms with van der Waals surface area (Å²) in [5.41, 5.74) is 5.26. The first-order valence-electron chi connectivity index (χ1n) is 5.49. The minimum Gasteiger partial charge on any atom is -0.384 e. The predicted octanol–water partition coefficient (Wildman–Crippen LogP) is 2.18. The summed E-state index contributed by atoms with van der Waals surface area (Å²) in [6.45, 7) is 0. The third kappa shape index (κ3) is 2.24. The molecule has 1 saturated carbocycles. The van der Waals surface area contributed by atoms with E-state index in [0.717, 1.165) is 31.9 Å². The number of halogens is 3. The standard InChI is InChI=1S/C10H14F3N3O/c11-10(12,13)8(17)7-5-15-16(9(7)14)6-3-1-2-4-6/h5-6,8,17H,1-4,14H2. The Kier molecular flexibility index (Phi) is 3.03. The number of nitrogens with two attached hydrogens (primary N) is 1. The second-order valence-corrected chi connectivity index (χ2v) is 4.31. The van der Waals surface area contributed by atoms with Crippen molar-refractivity contribution in [1.29, 1.82) is 0 Å². The molecule has 0 saturated heterocycles. The summed E-state index contributed by atoms with van der Waals surface area (Å²) in [5, 5.41) is 13.0. The molecule has 1 heterocycles. The number of anilines is 1. The van der Waals surface area contributed by atoms with Crippen LogP contribution in [0.3, 0.4) is 0 Å². The molecule has 0 spiro atoms. The van der Waals surface area contributed by atoms with Crippen LogP contribution < -0.4 is 5.73 Å². The quantitative estimate of drug-likeness (QED) is 0.844. The minimum absolute atomic E-state index is 0.0594. The molecule has 0 aliphatic heterocycles. The Morgan fingerprint density at radius 1 is 1.41 bits per heavy atom. The summed E-state index contributed by atoms with van der Waals surface area (Å²) >= 11 is 0. The van der Waals surface area contributed by atoms with Crippen molar-refractivity contribution >= 4 is 5.82 Å². The lowest BCUT2D eigenvalue weighted by Gasteiger charge is -2.16. The molecule has 0 bridgehead atoms. The van der Waals surface area contributed by atoms with E-state index in [-0.39, 0.29) is 17.4 Å². The topological polar surface area (TPSA) is 64.1 Å². The lowest BCUT2D eigenvalue weighted by atomic mass is 10.2. The highest BCUT2D eigenvalue weighted by Crippen LogP contribution is 2.38. The monoisotopic (exact) mass is 249 g/mol. The maximum Gasteiger partial charge on any atom is 0.418 e. The van der Waals surface area contributed by atoms with Gasteiger partial charge in [-0.3, -0.25) is 0 Å². The molecule has 1 aliphatic carbocycles. The van der Waals surface area contributed by atoms with E-state index in [1.54, 1.807) is 0 Å². The highest BCUT2D eigenvalue weighted by Gasteiger charge is 2.41. The van der Waals surface area contributed by atoms with Crippen molar-refractivity contribution in [3.05, 3.63) is 11.8 Å².